The number of ether oxygens (including phenoxy) is 1. The van der Waals surface area contributed by atoms with E-state index in [1.807, 2.05) is 6.07 Å². The summed E-state index contributed by atoms with van der Waals surface area (Å²) in [6, 6.07) is 4.97. The Hall–Kier alpha value is -0.610. The lowest BCUT2D eigenvalue weighted by molar-refractivity contribution is 0.132. The lowest BCUT2D eigenvalue weighted by Crippen LogP contribution is -2.11. The van der Waals surface area contributed by atoms with Crippen LogP contribution < -0.4 is 5.32 Å². The van der Waals surface area contributed by atoms with E-state index in [-0.39, 0.29) is 5.82 Å². The molecule has 0 radical (unpaired) electrons. The third-order valence-electron chi connectivity index (χ3n) is 2.33. The van der Waals surface area contributed by atoms with Gasteiger partial charge in [-0.05, 0) is 30.5 Å². The van der Waals surface area contributed by atoms with Gasteiger partial charge >= 0.3 is 0 Å². The zero-order chi connectivity index (χ0) is 12.7. The fourth-order valence-corrected chi connectivity index (χ4v) is 1.64. The first-order chi connectivity index (χ1) is 8.09. The SMILES string of the molecule is CC(C)CCOCCNc1ccc(Br)cc1F. The van der Waals surface area contributed by atoms with Crippen LogP contribution in [-0.2, 0) is 4.74 Å². The number of rotatable bonds is 7. The molecule has 0 fully saturated rings. The molecule has 96 valence electrons. The van der Waals surface area contributed by atoms with Crippen molar-refractivity contribution in [1.82, 2.24) is 0 Å². The van der Waals surface area contributed by atoms with Crippen molar-refractivity contribution < 1.29 is 9.13 Å². The minimum absolute atomic E-state index is 0.249. The van der Waals surface area contributed by atoms with E-state index in [9.17, 15) is 4.39 Å². The molecule has 1 aromatic rings. The van der Waals surface area contributed by atoms with E-state index in [1.54, 1.807) is 6.07 Å². The molecule has 0 amide bonds. The van der Waals surface area contributed by atoms with Crippen LogP contribution in [0.4, 0.5) is 10.1 Å². The molecule has 0 aromatic heterocycles. The molecule has 0 aliphatic rings. The van der Waals surface area contributed by atoms with Gasteiger partial charge in [-0.15, -0.1) is 0 Å². The first-order valence-corrected chi connectivity index (χ1v) is 6.65. The number of nitrogens with one attached hydrogen (secondary N) is 1. The van der Waals surface area contributed by atoms with Crippen molar-refractivity contribution in [3.63, 3.8) is 0 Å². The summed E-state index contributed by atoms with van der Waals surface area (Å²) in [5, 5.41) is 3.01. The number of benzene rings is 1. The Morgan fingerprint density at radius 1 is 1.35 bits per heavy atom. The molecule has 0 aliphatic heterocycles. The van der Waals surface area contributed by atoms with Crippen molar-refractivity contribution in [3.8, 4) is 0 Å². The summed E-state index contributed by atoms with van der Waals surface area (Å²) in [6.45, 7) is 6.32. The van der Waals surface area contributed by atoms with E-state index in [2.05, 4.69) is 35.1 Å². The highest BCUT2D eigenvalue weighted by atomic mass is 79.9. The predicted molar refractivity (Wildman–Crippen MR) is 72.9 cm³/mol. The molecule has 0 aliphatic carbocycles. The number of hydrogen-bond donors (Lipinski definition) is 1. The molecular weight excluding hydrogens is 285 g/mol. The van der Waals surface area contributed by atoms with Crippen LogP contribution in [0.1, 0.15) is 20.3 Å². The Bertz CT molecular complexity index is 344. The molecule has 2 nitrogen and oxygen atoms in total. The van der Waals surface area contributed by atoms with Crippen molar-refractivity contribution in [2.75, 3.05) is 25.1 Å². The van der Waals surface area contributed by atoms with Gasteiger partial charge in [-0.25, -0.2) is 4.39 Å². The van der Waals surface area contributed by atoms with Crippen LogP contribution in [0.3, 0.4) is 0 Å². The lowest BCUT2D eigenvalue weighted by atomic mass is 10.1. The van der Waals surface area contributed by atoms with Crippen molar-refractivity contribution >= 4 is 21.6 Å². The summed E-state index contributed by atoms with van der Waals surface area (Å²) in [7, 11) is 0. The van der Waals surface area contributed by atoms with E-state index in [1.165, 1.54) is 6.07 Å². The van der Waals surface area contributed by atoms with Crippen molar-refractivity contribution in [3.05, 3.63) is 28.5 Å². The Morgan fingerprint density at radius 2 is 2.12 bits per heavy atom. The summed E-state index contributed by atoms with van der Waals surface area (Å²) >= 11 is 3.22. The second-order valence-electron chi connectivity index (χ2n) is 4.35. The second-order valence-corrected chi connectivity index (χ2v) is 5.26. The minimum Gasteiger partial charge on any atom is -0.380 e. The van der Waals surface area contributed by atoms with Crippen LogP contribution in [0.15, 0.2) is 22.7 Å². The zero-order valence-corrected chi connectivity index (χ0v) is 11.9. The molecule has 1 aromatic carbocycles. The maximum absolute atomic E-state index is 13.4. The largest absolute Gasteiger partial charge is 0.380 e. The van der Waals surface area contributed by atoms with Gasteiger partial charge in [-0.2, -0.15) is 0 Å². The highest BCUT2D eigenvalue weighted by molar-refractivity contribution is 9.10. The molecule has 0 heterocycles. The highest BCUT2D eigenvalue weighted by Gasteiger charge is 2.01. The molecule has 1 N–H and O–H groups in total. The van der Waals surface area contributed by atoms with E-state index >= 15 is 0 Å². The van der Waals surface area contributed by atoms with Crippen LogP contribution >= 0.6 is 15.9 Å². The molecule has 0 spiro atoms. The average Bonchev–Trinajstić information content (AvgIpc) is 2.25. The first-order valence-electron chi connectivity index (χ1n) is 5.86. The Kier molecular flexibility index (Phi) is 6.52. The maximum atomic E-state index is 13.4. The third-order valence-corrected chi connectivity index (χ3v) is 2.83. The molecule has 0 saturated heterocycles. The van der Waals surface area contributed by atoms with Gasteiger partial charge in [-0.3, -0.25) is 0 Å². The third kappa shape index (κ3) is 6.03. The Morgan fingerprint density at radius 3 is 2.76 bits per heavy atom. The van der Waals surface area contributed by atoms with Gasteiger partial charge in [0.05, 0.1) is 12.3 Å². The van der Waals surface area contributed by atoms with Crippen molar-refractivity contribution in [2.24, 2.45) is 5.92 Å². The maximum Gasteiger partial charge on any atom is 0.147 e. The second kappa shape index (κ2) is 7.67. The van der Waals surface area contributed by atoms with E-state index < -0.39 is 0 Å². The minimum atomic E-state index is -0.249. The number of anilines is 1. The molecule has 0 unspecified atom stereocenters. The Balaban J connectivity index is 2.18. The fourth-order valence-electron chi connectivity index (χ4n) is 1.31. The quantitative estimate of drug-likeness (QED) is 0.767. The number of hydrogen-bond acceptors (Lipinski definition) is 2. The predicted octanol–water partition coefficient (Wildman–Crippen LogP) is 4.06. The van der Waals surface area contributed by atoms with Gasteiger partial charge in [0.15, 0.2) is 0 Å². The van der Waals surface area contributed by atoms with Crippen LogP contribution in [0, 0.1) is 11.7 Å². The fraction of sp³-hybridized carbons (Fsp3) is 0.538. The Labute approximate surface area is 111 Å². The standard InChI is InChI=1S/C13H19BrFNO/c1-10(2)5-7-17-8-6-16-13-4-3-11(14)9-12(13)15/h3-4,9-10,16H,5-8H2,1-2H3. The summed E-state index contributed by atoms with van der Waals surface area (Å²) in [6.07, 6.45) is 1.06. The van der Waals surface area contributed by atoms with Crippen LogP contribution in [0.5, 0.6) is 0 Å². The number of halogens is 2. The average molecular weight is 304 g/mol. The lowest BCUT2D eigenvalue weighted by Gasteiger charge is -2.09. The topological polar surface area (TPSA) is 21.3 Å². The molecule has 17 heavy (non-hydrogen) atoms. The molecule has 1 rings (SSSR count). The van der Waals surface area contributed by atoms with Gasteiger partial charge < -0.3 is 10.1 Å². The van der Waals surface area contributed by atoms with E-state index in [0.717, 1.165) is 17.5 Å². The summed E-state index contributed by atoms with van der Waals surface area (Å²) in [4.78, 5) is 0. The normalized spacial score (nSPS) is 10.9. The van der Waals surface area contributed by atoms with Crippen molar-refractivity contribution in [1.29, 1.82) is 0 Å². The van der Waals surface area contributed by atoms with Crippen LogP contribution in [0.25, 0.3) is 0 Å². The van der Waals surface area contributed by atoms with Crippen molar-refractivity contribution in [2.45, 2.75) is 20.3 Å². The van der Waals surface area contributed by atoms with Gasteiger partial charge in [0.1, 0.15) is 5.82 Å². The summed E-state index contributed by atoms with van der Waals surface area (Å²) in [5.41, 5.74) is 0.514. The first kappa shape index (κ1) is 14.5. The van der Waals surface area contributed by atoms with E-state index in [4.69, 9.17) is 4.74 Å². The molecule has 0 bridgehead atoms. The smallest absolute Gasteiger partial charge is 0.147 e. The summed E-state index contributed by atoms with van der Waals surface area (Å²) < 4.78 is 19.6. The highest BCUT2D eigenvalue weighted by Crippen LogP contribution is 2.18. The molecule has 0 atom stereocenters. The molecular formula is C13H19BrFNO. The molecule has 4 heteroatoms. The van der Waals surface area contributed by atoms with Gasteiger partial charge in [0.2, 0.25) is 0 Å². The zero-order valence-electron chi connectivity index (χ0n) is 10.3. The van der Waals surface area contributed by atoms with Gasteiger partial charge in [0.25, 0.3) is 0 Å². The summed E-state index contributed by atoms with van der Waals surface area (Å²) in [5.74, 6) is 0.411. The van der Waals surface area contributed by atoms with Crippen LogP contribution in [-0.4, -0.2) is 19.8 Å². The van der Waals surface area contributed by atoms with Gasteiger partial charge in [-0.1, -0.05) is 29.8 Å². The van der Waals surface area contributed by atoms with E-state index in [0.29, 0.717) is 24.8 Å². The monoisotopic (exact) mass is 303 g/mol. The van der Waals surface area contributed by atoms with Gasteiger partial charge in [0, 0.05) is 17.6 Å². The van der Waals surface area contributed by atoms with Crippen LogP contribution in [0.2, 0.25) is 0 Å². The molecule has 0 saturated carbocycles.